The van der Waals surface area contributed by atoms with Gasteiger partial charge in [-0.05, 0) is 12.8 Å². The zero-order valence-electron chi connectivity index (χ0n) is 7.95. The van der Waals surface area contributed by atoms with Crippen LogP contribution >= 0.6 is 0 Å². The van der Waals surface area contributed by atoms with Gasteiger partial charge in [-0.15, -0.1) is 0 Å². The van der Waals surface area contributed by atoms with E-state index >= 15 is 0 Å². The highest BCUT2D eigenvalue weighted by Crippen LogP contribution is 2.49. The van der Waals surface area contributed by atoms with E-state index in [0.717, 1.165) is 25.7 Å². The third kappa shape index (κ3) is 1.17. The monoisotopic (exact) mass is 184 g/mol. The fourth-order valence-electron chi connectivity index (χ4n) is 2.63. The van der Waals surface area contributed by atoms with Gasteiger partial charge in [0.1, 0.15) is 0 Å². The number of carbonyl (C=O) groups is 1. The average molecular weight is 184 g/mol. The molecule has 2 fully saturated rings. The molecule has 1 spiro atoms. The van der Waals surface area contributed by atoms with Gasteiger partial charge in [-0.2, -0.15) is 0 Å². The molecule has 0 aromatic rings. The molecule has 2 rings (SSSR count). The highest BCUT2D eigenvalue weighted by Gasteiger charge is 2.54. The second kappa shape index (κ2) is 2.98. The summed E-state index contributed by atoms with van der Waals surface area (Å²) in [4.78, 5) is 11.6. The Morgan fingerprint density at radius 3 is 2.46 bits per heavy atom. The number of ether oxygens (including phenoxy) is 1. The molecule has 2 aliphatic rings. The van der Waals surface area contributed by atoms with Gasteiger partial charge in [0, 0.05) is 5.92 Å². The summed E-state index contributed by atoms with van der Waals surface area (Å²) in [6.07, 6.45) is 4.30. The van der Waals surface area contributed by atoms with Gasteiger partial charge >= 0.3 is 5.97 Å². The Morgan fingerprint density at radius 1 is 1.38 bits per heavy atom. The average Bonchev–Trinajstić information content (AvgIpc) is 2.34. The van der Waals surface area contributed by atoms with Gasteiger partial charge in [-0.1, -0.05) is 26.2 Å². The van der Waals surface area contributed by atoms with Crippen LogP contribution in [0.5, 0.6) is 0 Å². The van der Waals surface area contributed by atoms with Crippen molar-refractivity contribution in [2.75, 3.05) is 0 Å². The van der Waals surface area contributed by atoms with Crippen molar-refractivity contribution in [2.45, 2.75) is 45.3 Å². The molecular formula is C10H16O3. The molecule has 0 aromatic carbocycles. The summed E-state index contributed by atoms with van der Waals surface area (Å²) in [7, 11) is 0. The largest absolute Gasteiger partial charge is 0.435 e. The Kier molecular flexibility index (Phi) is 2.06. The second-order valence-corrected chi connectivity index (χ2v) is 4.30. The van der Waals surface area contributed by atoms with Crippen LogP contribution in [0.25, 0.3) is 0 Å². The number of aliphatic hydroxyl groups is 1. The van der Waals surface area contributed by atoms with Crippen molar-refractivity contribution in [3.63, 3.8) is 0 Å². The first-order valence-electron chi connectivity index (χ1n) is 5.06. The maximum atomic E-state index is 11.6. The highest BCUT2D eigenvalue weighted by molar-refractivity contribution is 5.79. The summed E-state index contributed by atoms with van der Waals surface area (Å²) in [5.41, 5.74) is -0.350. The second-order valence-electron chi connectivity index (χ2n) is 4.30. The summed E-state index contributed by atoms with van der Waals surface area (Å²) in [5.74, 6) is -0.201. The lowest BCUT2D eigenvalue weighted by Crippen LogP contribution is -2.35. The molecule has 0 amide bonds. The third-order valence-corrected chi connectivity index (χ3v) is 3.68. The Labute approximate surface area is 78.1 Å². The van der Waals surface area contributed by atoms with E-state index < -0.39 is 6.29 Å². The van der Waals surface area contributed by atoms with E-state index in [1.54, 1.807) is 0 Å². The summed E-state index contributed by atoms with van der Waals surface area (Å²) in [6, 6.07) is 0. The summed E-state index contributed by atoms with van der Waals surface area (Å²) in [5, 5.41) is 9.44. The molecule has 3 heteroatoms. The van der Waals surface area contributed by atoms with Crippen molar-refractivity contribution >= 4 is 5.97 Å². The van der Waals surface area contributed by atoms with Crippen LogP contribution in [-0.2, 0) is 9.53 Å². The fraction of sp³-hybridized carbons (Fsp3) is 0.900. The number of esters is 1. The lowest BCUT2D eigenvalue weighted by atomic mass is 9.67. The first-order chi connectivity index (χ1) is 6.17. The van der Waals surface area contributed by atoms with Gasteiger partial charge in [-0.25, -0.2) is 0 Å². The molecule has 1 unspecified atom stereocenters. The summed E-state index contributed by atoms with van der Waals surface area (Å²) < 4.78 is 4.88. The quantitative estimate of drug-likeness (QED) is 0.579. The zero-order valence-corrected chi connectivity index (χ0v) is 7.95. The lowest BCUT2D eigenvalue weighted by Gasteiger charge is -2.32. The molecule has 0 aromatic heterocycles. The van der Waals surface area contributed by atoms with Crippen LogP contribution in [0.15, 0.2) is 0 Å². The highest BCUT2D eigenvalue weighted by atomic mass is 16.6. The van der Waals surface area contributed by atoms with Crippen LogP contribution in [0.2, 0.25) is 0 Å². The Hall–Kier alpha value is -0.570. The van der Waals surface area contributed by atoms with E-state index in [-0.39, 0.29) is 17.3 Å². The van der Waals surface area contributed by atoms with E-state index in [2.05, 4.69) is 0 Å². The molecule has 74 valence electrons. The lowest BCUT2D eigenvalue weighted by molar-refractivity contribution is -0.159. The maximum Gasteiger partial charge on any atom is 0.314 e. The van der Waals surface area contributed by atoms with Crippen molar-refractivity contribution < 1.29 is 14.6 Å². The molecular weight excluding hydrogens is 168 g/mol. The predicted molar refractivity (Wildman–Crippen MR) is 46.8 cm³/mol. The standard InChI is InChI=1S/C10H16O3/c1-7-8(11)13-9(12)10(7)5-3-2-4-6-10/h7-8,11H,2-6H2,1H3/t7?,8-/m0/s1. The molecule has 2 atom stereocenters. The van der Waals surface area contributed by atoms with Crippen molar-refractivity contribution in [2.24, 2.45) is 11.3 Å². The van der Waals surface area contributed by atoms with Gasteiger partial charge in [0.2, 0.25) is 6.29 Å². The van der Waals surface area contributed by atoms with Crippen LogP contribution in [0, 0.1) is 11.3 Å². The van der Waals surface area contributed by atoms with Gasteiger partial charge in [0.15, 0.2) is 0 Å². The minimum Gasteiger partial charge on any atom is -0.435 e. The number of hydrogen-bond acceptors (Lipinski definition) is 3. The molecule has 1 aliphatic heterocycles. The van der Waals surface area contributed by atoms with Crippen LogP contribution < -0.4 is 0 Å². The molecule has 0 bridgehead atoms. The van der Waals surface area contributed by atoms with E-state index in [1.165, 1.54) is 6.42 Å². The van der Waals surface area contributed by atoms with E-state index in [9.17, 15) is 9.90 Å². The van der Waals surface area contributed by atoms with E-state index in [4.69, 9.17) is 4.74 Å². The third-order valence-electron chi connectivity index (χ3n) is 3.68. The van der Waals surface area contributed by atoms with Crippen LogP contribution in [0.4, 0.5) is 0 Å². The number of hydrogen-bond donors (Lipinski definition) is 1. The molecule has 1 heterocycles. The molecule has 1 saturated heterocycles. The van der Waals surface area contributed by atoms with E-state index in [0.29, 0.717) is 0 Å². The molecule has 0 radical (unpaired) electrons. The van der Waals surface area contributed by atoms with Gasteiger partial charge in [0.25, 0.3) is 0 Å². The van der Waals surface area contributed by atoms with Crippen LogP contribution in [0.1, 0.15) is 39.0 Å². The molecule has 1 aliphatic carbocycles. The van der Waals surface area contributed by atoms with Crippen LogP contribution in [0.3, 0.4) is 0 Å². The number of rotatable bonds is 0. The van der Waals surface area contributed by atoms with Crippen molar-refractivity contribution in [3.8, 4) is 0 Å². The molecule has 13 heavy (non-hydrogen) atoms. The minimum absolute atomic E-state index is 0.0275. The van der Waals surface area contributed by atoms with Crippen molar-refractivity contribution in [1.29, 1.82) is 0 Å². The molecule has 1 N–H and O–H groups in total. The zero-order chi connectivity index (χ0) is 9.47. The molecule has 3 nitrogen and oxygen atoms in total. The number of aliphatic hydroxyl groups excluding tert-OH is 1. The number of carbonyl (C=O) groups excluding carboxylic acids is 1. The van der Waals surface area contributed by atoms with Gasteiger partial charge in [-0.3, -0.25) is 4.79 Å². The van der Waals surface area contributed by atoms with Crippen molar-refractivity contribution in [3.05, 3.63) is 0 Å². The normalized spacial score (nSPS) is 37.8. The Bertz CT molecular complexity index is 218. The first kappa shape index (κ1) is 9.00. The Balaban J connectivity index is 2.23. The SMILES string of the molecule is CC1[C@@H](O)OC(=O)C12CCCCC2. The minimum atomic E-state index is -0.870. The van der Waals surface area contributed by atoms with Crippen LogP contribution in [-0.4, -0.2) is 17.4 Å². The molecule has 1 saturated carbocycles. The topological polar surface area (TPSA) is 46.5 Å². The number of cyclic esters (lactones) is 1. The van der Waals surface area contributed by atoms with Crippen molar-refractivity contribution in [1.82, 2.24) is 0 Å². The van der Waals surface area contributed by atoms with Gasteiger partial charge in [0.05, 0.1) is 5.41 Å². The summed E-state index contributed by atoms with van der Waals surface area (Å²) >= 11 is 0. The van der Waals surface area contributed by atoms with E-state index in [1.807, 2.05) is 6.92 Å². The summed E-state index contributed by atoms with van der Waals surface area (Å²) in [6.45, 7) is 1.92. The smallest absolute Gasteiger partial charge is 0.314 e. The van der Waals surface area contributed by atoms with Gasteiger partial charge < -0.3 is 9.84 Å². The maximum absolute atomic E-state index is 11.6. The Morgan fingerprint density at radius 2 is 2.00 bits per heavy atom. The first-order valence-corrected chi connectivity index (χ1v) is 5.06. The fourth-order valence-corrected chi connectivity index (χ4v) is 2.63. The predicted octanol–water partition coefficient (Wildman–Crippen LogP) is 1.45.